The number of carbonyl (C=O) groups excluding carboxylic acids is 1. The lowest BCUT2D eigenvalue weighted by Gasteiger charge is -2.32. The molecule has 8 nitrogen and oxygen atoms in total. The fourth-order valence-electron chi connectivity index (χ4n) is 2.87. The first-order chi connectivity index (χ1) is 14.7. The number of aromatic nitrogens is 2. The zero-order valence-corrected chi connectivity index (χ0v) is 18.5. The van der Waals surface area contributed by atoms with E-state index in [1.165, 1.54) is 7.11 Å². The van der Waals surface area contributed by atoms with Crippen molar-refractivity contribution >= 4 is 19.3 Å². The third-order valence-electron chi connectivity index (χ3n) is 5.39. The Morgan fingerprint density at radius 3 is 2.29 bits per heavy atom. The lowest BCUT2D eigenvalue weighted by atomic mass is 9.77. The number of nitrogens with one attached hydrogen (secondary N) is 1. The minimum atomic E-state index is -0.637. The molecular weight excluding hydrogens is 397 g/mol. The number of hydrogen-bond acceptors (Lipinski definition) is 7. The number of amides is 1. The van der Waals surface area contributed by atoms with E-state index in [0.717, 1.165) is 11.1 Å². The Morgan fingerprint density at radius 2 is 1.71 bits per heavy atom. The van der Waals surface area contributed by atoms with Crippen LogP contribution in [0.1, 0.15) is 38.8 Å². The van der Waals surface area contributed by atoms with Gasteiger partial charge in [-0.3, -0.25) is 0 Å². The molecule has 1 saturated heterocycles. The summed E-state index contributed by atoms with van der Waals surface area (Å²) in [6.45, 7) is 8.27. The van der Waals surface area contributed by atoms with E-state index in [-0.39, 0.29) is 19.2 Å². The molecule has 0 bridgehead atoms. The van der Waals surface area contributed by atoms with E-state index in [0.29, 0.717) is 5.47 Å². The van der Waals surface area contributed by atoms with Gasteiger partial charge in [0, 0.05) is 24.5 Å². The molecule has 1 N–H and O–H groups in total. The Kier molecular flexibility index (Phi) is 6.97. The normalized spacial score (nSPS) is 17.3. The van der Waals surface area contributed by atoms with E-state index in [1.54, 1.807) is 12.4 Å². The number of ether oxygens (including phenoxy) is 2. The maximum atomic E-state index is 12.2. The number of carbonyl (C=O) groups is 1. The van der Waals surface area contributed by atoms with Gasteiger partial charge in [0.1, 0.15) is 6.61 Å². The lowest BCUT2D eigenvalue weighted by Crippen LogP contribution is -2.41. The van der Waals surface area contributed by atoms with Gasteiger partial charge in [-0.05, 0) is 38.7 Å². The molecule has 1 aromatic heterocycles. The van der Waals surface area contributed by atoms with Crippen molar-refractivity contribution in [3.63, 3.8) is 0 Å². The van der Waals surface area contributed by atoms with Crippen molar-refractivity contribution in [1.82, 2.24) is 15.3 Å². The summed E-state index contributed by atoms with van der Waals surface area (Å²) < 4.78 is 22.6. The average molecular weight is 425 g/mol. The van der Waals surface area contributed by atoms with Gasteiger partial charge in [0.15, 0.2) is 0 Å². The zero-order chi connectivity index (χ0) is 22.5. The van der Waals surface area contributed by atoms with Crippen molar-refractivity contribution < 1.29 is 23.6 Å². The van der Waals surface area contributed by atoms with Gasteiger partial charge in [0.2, 0.25) is 0 Å². The Balaban J connectivity index is 1.71. The van der Waals surface area contributed by atoms with Crippen LogP contribution in [-0.2, 0) is 20.7 Å². The summed E-state index contributed by atoms with van der Waals surface area (Å²) in [5.74, 6) is 0. The summed E-state index contributed by atoms with van der Waals surface area (Å²) in [5, 5.41) is 2.77. The maximum Gasteiger partial charge on any atom is 0.492 e. The number of rotatable bonds is 7. The number of alkyl carbamates (subject to hydrolysis) is 1. The summed E-state index contributed by atoms with van der Waals surface area (Å²) in [6.07, 6.45) is 4.56. The minimum absolute atomic E-state index is 0.177. The lowest BCUT2D eigenvalue weighted by molar-refractivity contribution is 0.00578. The third-order valence-corrected chi connectivity index (χ3v) is 5.39. The van der Waals surface area contributed by atoms with E-state index >= 15 is 0 Å². The van der Waals surface area contributed by atoms with Gasteiger partial charge in [-0.25, -0.2) is 14.8 Å². The molecule has 31 heavy (non-hydrogen) atoms. The van der Waals surface area contributed by atoms with Crippen LogP contribution in [0, 0.1) is 0 Å². The van der Waals surface area contributed by atoms with Gasteiger partial charge >= 0.3 is 19.2 Å². The molecule has 1 fully saturated rings. The van der Waals surface area contributed by atoms with Gasteiger partial charge in [-0.15, -0.1) is 0 Å². The van der Waals surface area contributed by atoms with Crippen molar-refractivity contribution in [2.75, 3.05) is 13.7 Å². The van der Waals surface area contributed by atoms with Crippen LogP contribution < -0.4 is 10.1 Å². The van der Waals surface area contributed by atoms with Crippen LogP contribution in [0.5, 0.6) is 6.01 Å². The standard InChI is InChI=1S/C22H28BN3O5/c1-21(2)22(3,4)31-23(30-21)18(11-17-12-24-19(28-5)25-13-17)14-26-20(27)29-15-16-9-7-6-8-10-16/h6-13H,14-15H2,1-5H3,(H,26,27). The van der Waals surface area contributed by atoms with Gasteiger partial charge in [0.05, 0.1) is 18.3 Å². The van der Waals surface area contributed by atoms with E-state index in [9.17, 15) is 4.79 Å². The van der Waals surface area contributed by atoms with E-state index in [4.69, 9.17) is 18.8 Å². The fraction of sp³-hybridized carbons (Fsp3) is 0.409. The molecule has 1 aliphatic heterocycles. The summed E-state index contributed by atoms with van der Waals surface area (Å²) in [6, 6.07) is 9.77. The van der Waals surface area contributed by atoms with Gasteiger partial charge in [-0.1, -0.05) is 36.4 Å². The second kappa shape index (κ2) is 9.49. The van der Waals surface area contributed by atoms with E-state index in [2.05, 4.69) is 15.3 Å². The average Bonchev–Trinajstić information content (AvgIpc) is 2.97. The van der Waals surface area contributed by atoms with E-state index < -0.39 is 24.4 Å². The maximum absolute atomic E-state index is 12.2. The van der Waals surface area contributed by atoms with Crippen LogP contribution in [0.3, 0.4) is 0 Å². The highest BCUT2D eigenvalue weighted by molar-refractivity contribution is 6.56. The predicted molar refractivity (Wildman–Crippen MR) is 117 cm³/mol. The van der Waals surface area contributed by atoms with Crippen molar-refractivity contribution in [3.05, 3.63) is 59.3 Å². The molecule has 0 spiro atoms. The highest BCUT2D eigenvalue weighted by Crippen LogP contribution is 2.38. The SMILES string of the molecule is COc1ncc(C=C(CNC(=O)OCc2ccccc2)B2OC(C)(C)C(C)(C)O2)cn1. The molecule has 9 heteroatoms. The highest BCUT2D eigenvalue weighted by atomic mass is 16.7. The summed E-state index contributed by atoms with van der Waals surface area (Å²) in [5.41, 5.74) is 1.32. The number of benzene rings is 1. The largest absolute Gasteiger partial charge is 0.492 e. The smallest absolute Gasteiger partial charge is 0.467 e. The molecule has 164 valence electrons. The first-order valence-corrected chi connectivity index (χ1v) is 10.1. The van der Waals surface area contributed by atoms with Crippen LogP contribution in [0.4, 0.5) is 4.79 Å². The topological polar surface area (TPSA) is 91.8 Å². The summed E-state index contributed by atoms with van der Waals surface area (Å²) in [7, 11) is 0.868. The van der Waals surface area contributed by atoms with Crippen LogP contribution >= 0.6 is 0 Å². The molecule has 3 rings (SSSR count). The highest BCUT2D eigenvalue weighted by Gasteiger charge is 2.52. The molecular formula is C22H28BN3O5. The van der Waals surface area contributed by atoms with Gasteiger partial charge < -0.3 is 24.1 Å². The van der Waals surface area contributed by atoms with Crippen molar-refractivity contribution in [2.45, 2.75) is 45.5 Å². The summed E-state index contributed by atoms with van der Waals surface area (Å²) in [4.78, 5) is 20.5. The monoisotopic (exact) mass is 425 g/mol. The Bertz CT molecular complexity index is 901. The molecule has 1 aromatic carbocycles. The third kappa shape index (κ3) is 5.83. The molecule has 2 aromatic rings. The number of methoxy groups -OCH3 is 1. The molecule has 1 amide bonds. The van der Waals surface area contributed by atoms with Crippen LogP contribution in [0.2, 0.25) is 0 Å². The Morgan fingerprint density at radius 1 is 1.10 bits per heavy atom. The van der Waals surface area contributed by atoms with Gasteiger partial charge in [0.25, 0.3) is 0 Å². The Labute approximate surface area is 183 Å². The molecule has 0 atom stereocenters. The second-order valence-corrected chi connectivity index (χ2v) is 8.23. The van der Waals surface area contributed by atoms with Crippen LogP contribution in [0.15, 0.2) is 48.2 Å². The van der Waals surface area contributed by atoms with E-state index in [1.807, 2.05) is 64.1 Å². The number of nitrogens with zero attached hydrogens (tertiary/aromatic N) is 2. The first kappa shape index (κ1) is 22.8. The second-order valence-electron chi connectivity index (χ2n) is 8.23. The fourth-order valence-corrected chi connectivity index (χ4v) is 2.87. The van der Waals surface area contributed by atoms with Crippen LogP contribution in [-0.4, -0.2) is 48.0 Å². The molecule has 0 unspecified atom stereocenters. The molecule has 0 aliphatic carbocycles. The molecule has 0 saturated carbocycles. The molecule has 1 aliphatic rings. The zero-order valence-electron chi connectivity index (χ0n) is 18.5. The number of hydrogen-bond donors (Lipinski definition) is 1. The van der Waals surface area contributed by atoms with Crippen molar-refractivity contribution in [3.8, 4) is 6.01 Å². The molecule has 2 heterocycles. The Hall–Kier alpha value is -2.91. The first-order valence-electron chi connectivity index (χ1n) is 10.1. The van der Waals surface area contributed by atoms with Crippen molar-refractivity contribution in [2.24, 2.45) is 0 Å². The summed E-state index contributed by atoms with van der Waals surface area (Å²) >= 11 is 0. The quantitative estimate of drug-likeness (QED) is 0.680. The van der Waals surface area contributed by atoms with Crippen LogP contribution in [0.25, 0.3) is 6.08 Å². The molecule has 0 radical (unpaired) electrons. The predicted octanol–water partition coefficient (Wildman–Crippen LogP) is 3.43. The van der Waals surface area contributed by atoms with Crippen molar-refractivity contribution in [1.29, 1.82) is 0 Å². The minimum Gasteiger partial charge on any atom is -0.467 e. The van der Waals surface area contributed by atoms with Gasteiger partial charge in [-0.2, -0.15) is 0 Å².